The predicted molar refractivity (Wildman–Crippen MR) is 91.2 cm³/mol. The number of hydrogen-bond acceptors (Lipinski definition) is 3. The third-order valence-electron chi connectivity index (χ3n) is 4.74. The van der Waals surface area contributed by atoms with Crippen molar-refractivity contribution in [1.29, 1.82) is 0 Å². The van der Waals surface area contributed by atoms with Gasteiger partial charge < -0.3 is 4.90 Å². The van der Waals surface area contributed by atoms with Crippen molar-refractivity contribution in [1.82, 2.24) is 14.9 Å². The fraction of sp³-hybridized carbons (Fsp3) is 0.474. The summed E-state index contributed by atoms with van der Waals surface area (Å²) >= 11 is 0. The van der Waals surface area contributed by atoms with Crippen molar-refractivity contribution in [2.75, 3.05) is 13.1 Å². The van der Waals surface area contributed by atoms with Gasteiger partial charge in [-0.1, -0.05) is 12.1 Å². The Morgan fingerprint density at radius 3 is 2.72 bits per heavy atom. The van der Waals surface area contributed by atoms with Crippen LogP contribution < -0.4 is 0 Å². The smallest absolute Gasteiger partial charge is 0.300 e. The van der Waals surface area contributed by atoms with Crippen molar-refractivity contribution in [3.63, 3.8) is 0 Å². The summed E-state index contributed by atoms with van der Waals surface area (Å²) in [6.07, 6.45) is 1.04. The summed E-state index contributed by atoms with van der Waals surface area (Å²) in [5.74, 6) is 0.273. The van der Waals surface area contributed by atoms with Crippen LogP contribution in [0.3, 0.4) is 0 Å². The zero-order valence-electron chi connectivity index (χ0n) is 14.4. The Morgan fingerprint density at radius 1 is 1.20 bits per heavy atom. The molecule has 3 nitrogen and oxygen atoms in total. The Hall–Kier alpha value is -1.95. The summed E-state index contributed by atoms with van der Waals surface area (Å²) in [5.41, 5.74) is 1.13. The molecule has 1 aliphatic rings. The van der Waals surface area contributed by atoms with Gasteiger partial charge in [0, 0.05) is 30.3 Å². The number of halogens is 3. The molecule has 1 aliphatic heterocycles. The number of nitrogens with zero attached hydrogens (tertiary/aromatic N) is 3. The number of hydrogen-bond donors (Lipinski definition) is 0. The fourth-order valence-electron chi connectivity index (χ4n) is 3.29. The van der Waals surface area contributed by atoms with E-state index in [1.165, 1.54) is 12.3 Å². The average Bonchev–Trinajstić information content (AvgIpc) is 2.61. The Kier molecular flexibility index (Phi) is 5.08. The van der Waals surface area contributed by atoms with Crippen LogP contribution >= 0.6 is 0 Å². The zero-order valence-corrected chi connectivity index (χ0v) is 14.4. The molecule has 0 bridgehead atoms. The molecule has 6 heteroatoms. The minimum Gasteiger partial charge on any atom is -0.300 e. The molecule has 2 heterocycles. The molecule has 25 heavy (non-hydrogen) atoms. The quantitative estimate of drug-likeness (QED) is 0.801. The van der Waals surface area contributed by atoms with Crippen LogP contribution in [-0.4, -0.2) is 34.0 Å². The highest BCUT2D eigenvalue weighted by atomic mass is 19.4. The van der Waals surface area contributed by atoms with E-state index in [-0.39, 0.29) is 5.92 Å². The Balaban J connectivity index is 1.87. The fourth-order valence-corrected chi connectivity index (χ4v) is 3.29. The second-order valence-electron chi connectivity index (χ2n) is 6.84. The van der Waals surface area contributed by atoms with E-state index in [4.69, 9.17) is 0 Å². The molecule has 1 fully saturated rings. The maximum Gasteiger partial charge on any atom is 0.416 e. The van der Waals surface area contributed by atoms with Gasteiger partial charge in [0.25, 0.3) is 0 Å². The molecular formula is C19H22F3N3. The van der Waals surface area contributed by atoms with E-state index in [9.17, 15) is 13.2 Å². The van der Waals surface area contributed by atoms with Gasteiger partial charge in [-0.05, 0) is 45.4 Å². The van der Waals surface area contributed by atoms with Crippen LogP contribution in [0.4, 0.5) is 13.2 Å². The molecule has 0 radical (unpaired) electrons. The van der Waals surface area contributed by atoms with Gasteiger partial charge in [-0.15, -0.1) is 0 Å². The standard InChI is InChI=1S/C19H22F3N3/c1-13(2)25-8-4-6-15(12-25)18-11-23-10-17(24-18)14-5-3-7-16(9-14)19(20,21)22/h3,5,7,9-11,13,15H,4,6,8,12H2,1-2H3. The normalized spacial score (nSPS) is 19.4. The van der Waals surface area contributed by atoms with E-state index in [2.05, 4.69) is 28.7 Å². The van der Waals surface area contributed by atoms with Crippen LogP contribution in [0.15, 0.2) is 36.7 Å². The molecule has 1 atom stereocenters. The van der Waals surface area contributed by atoms with E-state index in [1.807, 2.05) is 0 Å². The lowest BCUT2D eigenvalue weighted by atomic mass is 9.94. The minimum absolute atomic E-state index is 0.273. The van der Waals surface area contributed by atoms with E-state index in [0.717, 1.165) is 43.8 Å². The van der Waals surface area contributed by atoms with Crippen LogP contribution in [0, 0.1) is 0 Å². The lowest BCUT2D eigenvalue weighted by Crippen LogP contribution is -2.39. The largest absolute Gasteiger partial charge is 0.416 e. The second kappa shape index (κ2) is 7.12. The summed E-state index contributed by atoms with van der Waals surface area (Å²) in [5, 5.41) is 0. The van der Waals surface area contributed by atoms with Gasteiger partial charge in [0.05, 0.1) is 23.1 Å². The highest BCUT2D eigenvalue weighted by molar-refractivity contribution is 5.59. The molecule has 2 aromatic rings. The first-order valence-corrected chi connectivity index (χ1v) is 8.58. The number of piperidine rings is 1. The summed E-state index contributed by atoms with van der Waals surface area (Å²) in [6, 6.07) is 5.73. The van der Waals surface area contributed by atoms with E-state index >= 15 is 0 Å². The maximum atomic E-state index is 12.9. The van der Waals surface area contributed by atoms with Gasteiger partial charge in [-0.3, -0.25) is 4.98 Å². The van der Waals surface area contributed by atoms with Crippen molar-refractivity contribution >= 4 is 0 Å². The molecule has 1 aromatic heterocycles. The minimum atomic E-state index is -4.36. The van der Waals surface area contributed by atoms with Gasteiger partial charge in [-0.25, -0.2) is 4.98 Å². The second-order valence-corrected chi connectivity index (χ2v) is 6.84. The van der Waals surface area contributed by atoms with Gasteiger partial charge in [-0.2, -0.15) is 13.2 Å². The number of likely N-dealkylation sites (tertiary alicyclic amines) is 1. The molecule has 1 aromatic carbocycles. The summed E-state index contributed by atoms with van der Waals surface area (Å²) in [6.45, 7) is 6.34. The van der Waals surface area contributed by atoms with Crippen molar-refractivity contribution in [3.05, 3.63) is 47.9 Å². The molecule has 0 aliphatic carbocycles. The third-order valence-corrected chi connectivity index (χ3v) is 4.74. The molecule has 0 saturated carbocycles. The summed E-state index contributed by atoms with van der Waals surface area (Å²) in [4.78, 5) is 11.3. The van der Waals surface area contributed by atoms with Gasteiger partial charge >= 0.3 is 6.18 Å². The van der Waals surface area contributed by atoms with Crippen LogP contribution in [-0.2, 0) is 6.18 Å². The monoisotopic (exact) mass is 349 g/mol. The molecular weight excluding hydrogens is 327 g/mol. The topological polar surface area (TPSA) is 29.0 Å². The number of aromatic nitrogens is 2. The van der Waals surface area contributed by atoms with Gasteiger partial charge in [0.2, 0.25) is 0 Å². The van der Waals surface area contributed by atoms with Crippen LogP contribution in [0.25, 0.3) is 11.3 Å². The van der Waals surface area contributed by atoms with Crippen molar-refractivity contribution in [2.24, 2.45) is 0 Å². The first-order chi connectivity index (χ1) is 11.8. The average molecular weight is 349 g/mol. The van der Waals surface area contributed by atoms with Crippen LogP contribution in [0.2, 0.25) is 0 Å². The summed E-state index contributed by atoms with van der Waals surface area (Å²) < 4.78 is 38.8. The molecule has 1 saturated heterocycles. The number of alkyl halides is 3. The molecule has 134 valence electrons. The lowest BCUT2D eigenvalue weighted by molar-refractivity contribution is -0.137. The Morgan fingerprint density at radius 2 is 2.00 bits per heavy atom. The van der Waals surface area contributed by atoms with Gasteiger partial charge in [0.1, 0.15) is 0 Å². The summed E-state index contributed by atoms with van der Waals surface area (Å²) in [7, 11) is 0. The highest BCUT2D eigenvalue weighted by Crippen LogP contribution is 2.32. The molecule has 3 rings (SSSR count). The SMILES string of the molecule is CC(C)N1CCCC(c2cncc(-c3cccc(C(F)(F)F)c3)n2)C1. The Labute approximate surface area is 145 Å². The Bertz CT molecular complexity index is 728. The molecule has 0 N–H and O–H groups in total. The van der Waals surface area contributed by atoms with Crippen molar-refractivity contribution < 1.29 is 13.2 Å². The third kappa shape index (κ3) is 4.18. The van der Waals surface area contributed by atoms with Crippen molar-refractivity contribution in [2.45, 2.75) is 44.8 Å². The number of rotatable bonds is 3. The van der Waals surface area contributed by atoms with E-state index in [0.29, 0.717) is 17.3 Å². The van der Waals surface area contributed by atoms with Crippen LogP contribution in [0.5, 0.6) is 0 Å². The van der Waals surface area contributed by atoms with Crippen molar-refractivity contribution in [3.8, 4) is 11.3 Å². The lowest BCUT2D eigenvalue weighted by Gasteiger charge is -2.35. The molecule has 0 amide bonds. The van der Waals surface area contributed by atoms with Crippen LogP contribution in [0.1, 0.15) is 43.9 Å². The van der Waals surface area contributed by atoms with E-state index in [1.54, 1.807) is 12.3 Å². The molecule has 1 unspecified atom stereocenters. The number of benzene rings is 1. The first-order valence-electron chi connectivity index (χ1n) is 8.58. The molecule has 0 spiro atoms. The predicted octanol–water partition coefficient (Wildman–Crippen LogP) is 4.75. The zero-order chi connectivity index (χ0) is 18.0. The van der Waals surface area contributed by atoms with E-state index < -0.39 is 11.7 Å². The highest BCUT2D eigenvalue weighted by Gasteiger charge is 2.30. The first kappa shape index (κ1) is 17.9. The van der Waals surface area contributed by atoms with Gasteiger partial charge in [0.15, 0.2) is 0 Å². The maximum absolute atomic E-state index is 12.9.